The monoisotopic (exact) mass is 247 g/mol. The molecule has 1 atom stereocenters. The molecule has 2 saturated heterocycles. The lowest BCUT2D eigenvalue weighted by Gasteiger charge is -2.33. The summed E-state index contributed by atoms with van der Waals surface area (Å²) in [6.45, 7) is 3.08. The Bertz CT molecular complexity index is 398. The number of piperidine rings is 1. The molecule has 3 heterocycles. The van der Waals surface area contributed by atoms with Crippen molar-refractivity contribution in [1.82, 2.24) is 10.3 Å². The summed E-state index contributed by atoms with van der Waals surface area (Å²) in [7, 11) is 0. The van der Waals surface area contributed by atoms with Crippen LogP contribution in [0.5, 0.6) is 0 Å². The molecule has 1 aromatic heterocycles. The number of anilines is 1. The predicted molar refractivity (Wildman–Crippen MR) is 71.2 cm³/mol. The van der Waals surface area contributed by atoms with E-state index in [2.05, 4.69) is 16.4 Å². The van der Waals surface area contributed by atoms with E-state index >= 15 is 0 Å². The molecule has 0 amide bonds. The van der Waals surface area contributed by atoms with Crippen LogP contribution in [0.4, 0.5) is 5.82 Å². The van der Waals surface area contributed by atoms with Gasteiger partial charge >= 0.3 is 0 Å². The first kappa shape index (κ1) is 11.9. The summed E-state index contributed by atoms with van der Waals surface area (Å²) >= 11 is 0. The largest absolute Gasteiger partial charge is 0.384 e. The topological polar surface area (TPSA) is 60.2 Å². The maximum atomic E-state index is 6.10. The first-order valence-corrected chi connectivity index (χ1v) is 6.81. The van der Waals surface area contributed by atoms with Gasteiger partial charge in [0, 0.05) is 6.20 Å². The fraction of sp³-hybridized carbons (Fsp3) is 0.643. The lowest BCUT2D eigenvalue weighted by molar-refractivity contribution is -0.0196. The number of nitrogen functional groups attached to an aromatic ring is 1. The Morgan fingerprint density at radius 3 is 2.94 bits per heavy atom. The van der Waals surface area contributed by atoms with Gasteiger partial charge in [-0.3, -0.25) is 0 Å². The molecule has 0 aliphatic carbocycles. The van der Waals surface area contributed by atoms with E-state index in [1.165, 1.54) is 12.0 Å². The van der Waals surface area contributed by atoms with E-state index in [9.17, 15) is 0 Å². The maximum Gasteiger partial charge on any atom is 0.123 e. The zero-order valence-electron chi connectivity index (χ0n) is 10.7. The molecule has 98 valence electrons. The van der Waals surface area contributed by atoms with Gasteiger partial charge in [-0.05, 0) is 56.3 Å². The van der Waals surface area contributed by atoms with Crippen molar-refractivity contribution in [2.75, 3.05) is 25.4 Å². The van der Waals surface area contributed by atoms with Gasteiger partial charge in [-0.1, -0.05) is 6.07 Å². The molecule has 0 radical (unpaired) electrons. The highest BCUT2D eigenvalue weighted by atomic mass is 16.5. The van der Waals surface area contributed by atoms with E-state index in [1.807, 2.05) is 12.3 Å². The highest BCUT2D eigenvalue weighted by molar-refractivity contribution is 5.29. The van der Waals surface area contributed by atoms with E-state index in [0.717, 1.165) is 39.0 Å². The molecule has 2 aliphatic rings. The summed E-state index contributed by atoms with van der Waals surface area (Å²) in [5.41, 5.74) is 7.04. The van der Waals surface area contributed by atoms with E-state index in [4.69, 9.17) is 10.5 Å². The molecule has 4 heteroatoms. The Kier molecular flexibility index (Phi) is 3.22. The number of nitrogens with zero attached hydrogens (tertiary/aromatic N) is 1. The van der Waals surface area contributed by atoms with Gasteiger partial charge < -0.3 is 15.8 Å². The lowest BCUT2D eigenvalue weighted by Crippen LogP contribution is -2.41. The Morgan fingerprint density at radius 1 is 1.39 bits per heavy atom. The molecular weight excluding hydrogens is 226 g/mol. The number of ether oxygens (including phenoxy) is 1. The Hall–Kier alpha value is -1.13. The van der Waals surface area contributed by atoms with Crippen molar-refractivity contribution in [3.05, 3.63) is 23.9 Å². The molecule has 2 aliphatic heterocycles. The van der Waals surface area contributed by atoms with Crippen molar-refractivity contribution in [3.8, 4) is 0 Å². The minimum absolute atomic E-state index is 0.164. The fourth-order valence-corrected chi connectivity index (χ4v) is 3.19. The third-order valence-electron chi connectivity index (χ3n) is 4.17. The number of hydrogen-bond acceptors (Lipinski definition) is 4. The summed E-state index contributed by atoms with van der Waals surface area (Å²) in [5, 5.41) is 3.40. The van der Waals surface area contributed by atoms with Crippen LogP contribution in [0.2, 0.25) is 0 Å². The van der Waals surface area contributed by atoms with Crippen molar-refractivity contribution >= 4 is 5.82 Å². The first-order chi connectivity index (χ1) is 8.76. The summed E-state index contributed by atoms with van der Waals surface area (Å²) in [5.74, 6) is 1.23. The Balaban J connectivity index is 1.60. The third-order valence-corrected chi connectivity index (χ3v) is 4.17. The summed E-state index contributed by atoms with van der Waals surface area (Å²) in [4.78, 5) is 4.15. The molecule has 18 heavy (non-hydrogen) atoms. The van der Waals surface area contributed by atoms with E-state index < -0.39 is 0 Å². The second-order valence-electron chi connectivity index (χ2n) is 5.61. The van der Waals surface area contributed by atoms with Crippen molar-refractivity contribution in [1.29, 1.82) is 0 Å². The Labute approximate surface area is 108 Å². The molecule has 4 nitrogen and oxygen atoms in total. The van der Waals surface area contributed by atoms with Gasteiger partial charge in [0.2, 0.25) is 0 Å². The SMILES string of the molecule is Nc1ccc(CC2COC3(CCNCC3)C2)cn1. The van der Waals surface area contributed by atoms with Crippen LogP contribution < -0.4 is 11.1 Å². The summed E-state index contributed by atoms with van der Waals surface area (Å²) < 4.78 is 6.10. The van der Waals surface area contributed by atoms with Gasteiger partial charge in [-0.2, -0.15) is 0 Å². The van der Waals surface area contributed by atoms with Crippen molar-refractivity contribution in [3.63, 3.8) is 0 Å². The van der Waals surface area contributed by atoms with Crippen LogP contribution in [-0.2, 0) is 11.2 Å². The molecule has 1 spiro atoms. The van der Waals surface area contributed by atoms with Gasteiger partial charge in [0.05, 0.1) is 12.2 Å². The van der Waals surface area contributed by atoms with E-state index in [0.29, 0.717) is 11.7 Å². The molecule has 0 aromatic carbocycles. The first-order valence-electron chi connectivity index (χ1n) is 6.81. The smallest absolute Gasteiger partial charge is 0.123 e. The highest BCUT2D eigenvalue weighted by Crippen LogP contribution is 2.38. The summed E-state index contributed by atoms with van der Waals surface area (Å²) in [6.07, 6.45) is 6.46. The quantitative estimate of drug-likeness (QED) is 0.828. The number of nitrogens with one attached hydrogen (secondary N) is 1. The average molecular weight is 247 g/mol. The molecule has 1 unspecified atom stereocenters. The minimum Gasteiger partial charge on any atom is -0.384 e. The standard InChI is InChI=1S/C14H21N3O/c15-13-2-1-11(9-17-13)7-12-8-14(18-10-12)3-5-16-6-4-14/h1-2,9,12,16H,3-8,10H2,(H2,15,17). The molecule has 2 fully saturated rings. The molecule has 0 saturated carbocycles. The second kappa shape index (κ2) is 4.86. The molecule has 3 rings (SSSR count). The fourth-order valence-electron chi connectivity index (χ4n) is 3.19. The van der Waals surface area contributed by atoms with Crippen molar-refractivity contribution in [2.45, 2.75) is 31.3 Å². The zero-order chi connectivity index (χ0) is 12.4. The van der Waals surface area contributed by atoms with Crippen LogP contribution in [0, 0.1) is 5.92 Å². The van der Waals surface area contributed by atoms with Gasteiger partial charge in [0.1, 0.15) is 5.82 Å². The second-order valence-corrected chi connectivity index (χ2v) is 5.61. The van der Waals surface area contributed by atoms with Crippen molar-refractivity contribution in [2.24, 2.45) is 5.92 Å². The number of pyridine rings is 1. The highest BCUT2D eigenvalue weighted by Gasteiger charge is 2.40. The molecule has 0 bridgehead atoms. The van der Waals surface area contributed by atoms with Gasteiger partial charge in [0.15, 0.2) is 0 Å². The lowest BCUT2D eigenvalue weighted by atomic mass is 9.84. The summed E-state index contributed by atoms with van der Waals surface area (Å²) in [6, 6.07) is 3.96. The van der Waals surface area contributed by atoms with E-state index in [1.54, 1.807) is 0 Å². The number of rotatable bonds is 2. The Morgan fingerprint density at radius 2 is 2.22 bits per heavy atom. The maximum absolute atomic E-state index is 6.10. The zero-order valence-corrected chi connectivity index (χ0v) is 10.7. The molecule has 1 aromatic rings. The third kappa shape index (κ3) is 2.49. The molecular formula is C14H21N3O. The van der Waals surface area contributed by atoms with Gasteiger partial charge in [-0.25, -0.2) is 4.98 Å². The minimum atomic E-state index is 0.164. The molecule has 3 N–H and O–H groups in total. The van der Waals surface area contributed by atoms with Gasteiger partial charge in [0.25, 0.3) is 0 Å². The normalized spacial score (nSPS) is 26.6. The number of aromatic nitrogens is 1. The van der Waals surface area contributed by atoms with Crippen molar-refractivity contribution < 1.29 is 4.74 Å². The van der Waals surface area contributed by atoms with Crippen LogP contribution >= 0.6 is 0 Å². The predicted octanol–water partition coefficient (Wildman–Crippen LogP) is 1.36. The van der Waals surface area contributed by atoms with E-state index in [-0.39, 0.29) is 5.60 Å². The van der Waals surface area contributed by atoms with Crippen LogP contribution in [-0.4, -0.2) is 30.3 Å². The number of nitrogens with two attached hydrogens (primary N) is 1. The average Bonchev–Trinajstić information content (AvgIpc) is 2.76. The van der Waals surface area contributed by atoms with Crippen LogP contribution in [0.3, 0.4) is 0 Å². The number of hydrogen-bond donors (Lipinski definition) is 2. The van der Waals surface area contributed by atoms with Crippen LogP contribution in [0.25, 0.3) is 0 Å². The van der Waals surface area contributed by atoms with Crippen LogP contribution in [0.15, 0.2) is 18.3 Å². The van der Waals surface area contributed by atoms with Crippen LogP contribution in [0.1, 0.15) is 24.8 Å². The van der Waals surface area contributed by atoms with Gasteiger partial charge in [-0.15, -0.1) is 0 Å².